The van der Waals surface area contributed by atoms with Crippen LogP contribution in [0.25, 0.3) is 11.3 Å². The third kappa shape index (κ3) is 1.57. The monoisotopic (exact) mass is 186 g/mol. The van der Waals surface area contributed by atoms with Crippen LogP contribution in [0.4, 0.5) is 0 Å². The fraction of sp³-hybridized carbons (Fsp3) is 0.0909. The van der Waals surface area contributed by atoms with Crippen LogP contribution in [0.15, 0.2) is 41.3 Å². The first-order valence-corrected chi connectivity index (χ1v) is 4.39. The first-order chi connectivity index (χ1) is 6.77. The Morgan fingerprint density at radius 1 is 1.21 bits per heavy atom. The van der Waals surface area contributed by atoms with E-state index in [2.05, 4.69) is 9.97 Å². The fourth-order valence-corrected chi connectivity index (χ4v) is 1.38. The minimum atomic E-state index is -0.0813. The molecule has 0 aliphatic rings. The zero-order chi connectivity index (χ0) is 9.97. The van der Waals surface area contributed by atoms with E-state index in [0.717, 1.165) is 17.0 Å². The molecule has 1 N–H and O–H groups in total. The summed E-state index contributed by atoms with van der Waals surface area (Å²) in [5.41, 5.74) is 2.60. The number of aromatic nitrogens is 2. The molecule has 14 heavy (non-hydrogen) atoms. The van der Waals surface area contributed by atoms with Crippen molar-refractivity contribution in [1.29, 1.82) is 0 Å². The van der Waals surface area contributed by atoms with Crippen LogP contribution in [0.3, 0.4) is 0 Å². The maximum absolute atomic E-state index is 11.0. The molecule has 0 fully saturated rings. The van der Waals surface area contributed by atoms with E-state index in [9.17, 15) is 4.79 Å². The van der Waals surface area contributed by atoms with E-state index in [1.54, 1.807) is 12.3 Å². The van der Waals surface area contributed by atoms with Gasteiger partial charge in [-0.2, -0.15) is 0 Å². The Labute approximate surface area is 81.5 Å². The van der Waals surface area contributed by atoms with Gasteiger partial charge in [-0.05, 0) is 25.1 Å². The summed E-state index contributed by atoms with van der Waals surface area (Å²) in [4.78, 5) is 18.0. The van der Waals surface area contributed by atoms with Crippen LogP contribution >= 0.6 is 0 Å². The van der Waals surface area contributed by atoms with Gasteiger partial charge in [0, 0.05) is 23.5 Å². The van der Waals surface area contributed by atoms with Crippen LogP contribution < -0.4 is 5.56 Å². The summed E-state index contributed by atoms with van der Waals surface area (Å²) >= 11 is 0. The lowest BCUT2D eigenvalue weighted by Gasteiger charge is -2.02. The van der Waals surface area contributed by atoms with Gasteiger partial charge in [-0.1, -0.05) is 6.07 Å². The molecule has 0 radical (unpaired) electrons. The van der Waals surface area contributed by atoms with Gasteiger partial charge in [-0.25, -0.2) is 0 Å². The van der Waals surface area contributed by atoms with Crippen molar-refractivity contribution in [3.63, 3.8) is 0 Å². The molecule has 0 aliphatic heterocycles. The van der Waals surface area contributed by atoms with E-state index in [1.165, 1.54) is 6.07 Å². The van der Waals surface area contributed by atoms with Gasteiger partial charge in [-0.15, -0.1) is 0 Å². The highest BCUT2D eigenvalue weighted by atomic mass is 16.1. The molecule has 0 unspecified atom stereocenters. The second-order valence-electron chi connectivity index (χ2n) is 3.08. The lowest BCUT2D eigenvalue weighted by molar-refractivity contribution is 1.14. The van der Waals surface area contributed by atoms with E-state index in [1.807, 2.05) is 25.1 Å². The minimum Gasteiger partial charge on any atom is -0.326 e. The number of nitrogens with zero attached hydrogens (tertiary/aromatic N) is 1. The molecule has 0 aromatic carbocycles. The number of hydrogen-bond acceptors (Lipinski definition) is 2. The zero-order valence-electron chi connectivity index (χ0n) is 7.82. The summed E-state index contributed by atoms with van der Waals surface area (Å²) in [5, 5.41) is 0. The topological polar surface area (TPSA) is 45.8 Å². The van der Waals surface area contributed by atoms with Crippen molar-refractivity contribution in [3.8, 4) is 11.3 Å². The summed E-state index contributed by atoms with van der Waals surface area (Å²) in [5.74, 6) is 0. The first kappa shape index (κ1) is 8.69. The molecule has 2 aromatic rings. The van der Waals surface area contributed by atoms with Crippen molar-refractivity contribution in [2.75, 3.05) is 0 Å². The highest BCUT2D eigenvalue weighted by Gasteiger charge is 2.01. The Hall–Kier alpha value is -1.90. The van der Waals surface area contributed by atoms with Crippen molar-refractivity contribution < 1.29 is 0 Å². The lowest BCUT2D eigenvalue weighted by Crippen LogP contribution is -2.05. The number of rotatable bonds is 1. The third-order valence-corrected chi connectivity index (χ3v) is 2.06. The molecule has 0 amide bonds. The predicted molar refractivity (Wildman–Crippen MR) is 55.0 cm³/mol. The maximum Gasteiger partial charge on any atom is 0.248 e. The van der Waals surface area contributed by atoms with Crippen LogP contribution in [0.5, 0.6) is 0 Å². The molecule has 0 saturated carbocycles. The molecule has 2 rings (SSSR count). The Morgan fingerprint density at radius 3 is 2.71 bits per heavy atom. The average molecular weight is 186 g/mol. The zero-order valence-corrected chi connectivity index (χ0v) is 7.82. The number of hydrogen-bond donors (Lipinski definition) is 1. The van der Waals surface area contributed by atoms with E-state index >= 15 is 0 Å². The number of nitrogens with one attached hydrogen (secondary N) is 1. The van der Waals surface area contributed by atoms with Crippen molar-refractivity contribution in [2.24, 2.45) is 0 Å². The van der Waals surface area contributed by atoms with E-state index in [4.69, 9.17) is 0 Å². The van der Waals surface area contributed by atoms with Crippen molar-refractivity contribution in [2.45, 2.75) is 6.92 Å². The molecule has 0 aliphatic carbocycles. The highest BCUT2D eigenvalue weighted by Crippen LogP contribution is 2.16. The van der Waals surface area contributed by atoms with Crippen LogP contribution in [-0.4, -0.2) is 9.97 Å². The molecule has 3 nitrogen and oxygen atoms in total. The summed E-state index contributed by atoms with van der Waals surface area (Å²) in [6.45, 7) is 1.87. The highest BCUT2D eigenvalue weighted by molar-refractivity contribution is 5.60. The summed E-state index contributed by atoms with van der Waals surface area (Å²) < 4.78 is 0. The second-order valence-corrected chi connectivity index (χ2v) is 3.08. The van der Waals surface area contributed by atoms with Crippen LogP contribution in [0, 0.1) is 6.92 Å². The first-order valence-electron chi connectivity index (χ1n) is 4.39. The van der Waals surface area contributed by atoms with Crippen molar-refractivity contribution in [1.82, 2.24) is 9.97 Å². The van der Waals surface area contributed by atoms with Gasteiger partial charge in [-0.3, -0.25) is 9.78 Å². The number of aromatic amines is 1. The Balaban J connectivity index is 2.58. The van der Waals surface area contributed by atoms with Crippen LogP contribution in [-0.2, 0) is 0 Å². The molecule has 0 atom stereocenters. The van der Waals surface area contributed by atoms with Gasteiger partial charge in [0.2, 0.25) is 5.56 Å². The normalized spacial score (nSPS) is 10.1. The van der Waals surface area contributed by atoms with Gasteiger partial charge < -0.3 is 4.98 Å². The summed E-state index contributed by atoms with van der Waals surface area (Å²) in [7, 11) is 0. The molecular weight excluding hydrogens is 176 g/mol. The Morgan fingerprint density at radius 2 is 2.07 bits per heavy atom. The third-order valence-electron chi connectivity index (χ3n) is 2.06. The van der Waals surface area contributed by atoms with E-state index in [-0.39, 0.29) is 5.56 Å². The average Bonchev–Trinajstić information content (AvgIpc) is 2.19. The fourth-order valence-electron chi connectivity index (χ4n) is 1.38. The van der Waals surface area contributed by atoms with Gasteiger partial charge in [0.1, 0.15) is 0 Å². The van der Waals surface area contributed by atoms with E-state index in [0.29, 0.717) is 0 Å². The van der Waals surface area contributed by atoms with Crippen LogP contribution in [0.2, 0.25) is 0 Å². The van der Waals surface area contributed by atoms with E-state index < -0.39 is 0 Å². The standard InChI is InChI=1S/C11H10N2O/c1-8-9(5-6-11(14)13-8)10-4-2-3-7-12-10/h2-7H,1H3,(H,13,14). The Kier molecular flexibility index (Phi) is 2.14. The second kappa shape index (κ2) is 3.46. The quantitative estimate of drug-likeness (QED) is 0.737. The molecule has 2 aromatic heterocycles. The largest absolute Gasteiger partial charge is 0.326 e. The van der Waals surface area contributed by atoms with Gasteiger partial charge in [0.05, 0.1) is 5.69 Å². The Bertz CT molecular complexity index is 488. The van der Waals surface area contributed by atoms with Gasteiger partial charge >= 0.3 is 0 Å². The number of aryl methyl sites for hydroxylation is 1. The molecular formula is C11H10N2O. The van der Waals surface area contributed by atoms with Crippen molar-refractivity contribution >= 4 is 0 Å². The molecule has 3 heteroatoms. The molecule has 0 bridgehead atoms. The maximum atomic E-state index is 11.0. The predicted octanol–water partition coefficient (Wildman–Crippen LogP) is 1.75. The minimum absolute atomic E-state index is 0.0813. The summed E-state index contributed by atoms with van der Waals surface area (Å²) in [6.07, 6.45) is 1.74. The lowest BCUT2D eigenvalue weighted by atomic mass is 10.1. The molecule has 2 heterocycles. The molecule has 70 valence electrons. The van der Waals surface area contributed by atoms with Gasteiger partial charge in [0.25, 0.3) is 0 Å². The van der Waals surface area contributed by atoms with Gasteiger partial charge in [0.15, 0.2) is 0 Å². The van der Waals surface area contributed by atoms with Crippen LogP contribution in [0.1, 0.15) is 5.69 Å². The van der Waals surface area contributed by atoms with Crippen molar-refractivity contribution in [3.05, 3.63) is 52.6 Å². The number of H-pyrrole nitrogens is 1. The summed E-state index contributed by atoms with van der Waals surface area (Å²) in [6, 6.07) is 9.01. The number of pyridine rings is 2. The smallest absolute Gasteiger partial charge is 0.248 e. The molecule has 0 saturated heterocycles. The molecule has 0 spiro atoms. The SMILES string of the molecule is Cc1[nH]c(=O)ccc1-c1ccccn1.